The van der Waals surface area contributed by atoms with E-state index in [1.807, 2.05) is 6.92 Å². The molecule has 15 heavy (non-hydrogen) atoms. The van der Waals surface area contributed by atoms with Gasteiger partial charge >= 0.3 is 6.03 Å². The van der Waals surface area contributed by atoms with Crippen molar-refractivity contribution in [2.45, 2.75) is 18.2 Å². The summed E-state index contributed by atoms with van der Waals surface area (Å²) in [4.78, 5) is 13.0. The van der Waals surface area contributed by atoms with Crippen LogP contribution in [0.2, 0.25) is 0 Å². The van der Waals surface area contributed by atoms with Crippen molar-refractivity contribution in [1.82, 2.24) is 15.5 Å². The minimum Gasteiger partial charge on any atom is -0.341 e. The molecule has 0 radical (unpaired) electrons. The second-order valence-electron chi connectivity index (χ2n) is 2.58. The summed E-state index contributed by atoms with van der Waals surface area (Å²) >= 11 is 3.07. The molecule has 1 aromatic heterocycles. The van der Waals surface area contributed by atoms with E-state index in [0.29, 0.717) is 11.7 Å². The number of hydrogen-bond donors (Lipinski definition) is 1. The molecule has 0 aromatic carbocycles. The topological polar surface area (TPSA) is 58.1 Å². The maximum atomic E-state index is 11.5. The third-order valence-corrected chi connectivity index (χ3v) is 3.63. The molecule has 2 amide bonds. The van der Waals surface area contributed by atoms with E-state index in [1.54, 1.807) is 23.7 Å². The van der Waals surface area contributed by atoms with E-state index in [0.717, 1.165) is 10.1 Å². The van der Waals surface area contributed by atoms with Gasteiger partial charge in [0.2, 0.25) is 5.13 Å². The van der Waals surface area contributed by atoms with Crippen molar-refractivity contribution in [3.63, 3.8) is 0 Å². The van der Waals surface area contributed by atoms with E-state index >= 15 is 0 Å². The Balaban J connectivity index is 2.78. The molecular formula is C8H14N4OS2. The highest BCUT2D eigenvalue weighted by atomic mass is 32.2. The highest BCUT2D eigenvalue weighted by Gasteiger charge is 2.16. The van der Waals surface area contributed by atoms with Gasteiger partial charge in [0, 0.05) is 13.6 Å². The van der Waals surface area contributed by atoms with Gasteiger partial charge in [0.1, 0.15) is 0 Å². The van der Waals surface area contributed by atoms with Gasteiger partial charge < -0.3 is 5.32 Å². The first-order chi connectivity index (χ1) is 7.22. The van der Waals surface area contributed by atoms with Crippen LogP contribution in [-0.2, 0) is 0 Å². The standard InChI is InChI=1S/C8H14N4OS2/c1-4-12(6(13)9-3)7-10-11-8(15-7)14-5-2/h4-5H2,1-3H3,(H,9,13). The van der Waals surface area contributed by atoms with Crippen LogP contribution in [0.15, 0.2) is 4.34 Å². The average Bonchev–Trinajstić information content (AvgIpc) is 2.68. The van der Waals surface area contributed by atoms with E-state index in [1.165, 1.54) is 11.3 Å². The van der Waals surface area contributed by atoms with Crippen LogP contribution >= 0.6 is 23.1 Å². The van der Waals surface area contributed by atoms with Gasteiger partial charge in [0.15, 0.2) is 4.34 Å². The number of aromatic nitrogens is 2. The number of hydrogen-bond acceptors (Lipinski definition) is 5. The highest BCUT2D eigenvalue weighted by molar-refractivity contribution is 8.01. The zero-order valence-corrected chi connectivity index (χ0v) is 10.6. The lowest BCUT2D eigenvalue weighted by molar-refractivity contribution is 0.248. The molecule has 0 fully saturated rings. The minimum atomic E-state index is -0.151. The Morgan fingerprint density at radius 1 is 1.53 bits per heavy atom. The fraction of sp³-hybridized carbons (Fsp3) is 0.625. The van der Waals surface area contributed by atoms with Crippen molar-refractivity contribution in [1.29, 1.82) is 0 Å². The van der Waals surface area contributed by atoms with Gasteiger partial charge in [-0.25, -0.2) is 4.79 Å². The number of urea groups is 1. The maximum Gasteiger partial charge on any atom is 0.323 e. The molecule has 1 heterocycles. The summed E-state index contributed by atoms with van der Waals surface area (Å²) in [7, 11) is 1.60. The quantitative estimate of drug-likeness (QED) is 0.650. The third kappa shape index (κ3) is 3.07. The van der Waals surface area contributed by atoms with E-state index in [-0.39, 0.29) is 6.03 Å². The van der Waals surface area contributed by atoms with E-state index < -0.39 is 0 Å². The van der Waals surface area contributed by atoms with Crippen LogP contribution in [0.25, 0.3) is 0 Å². The Hall–Kier alpha value is -0.820. The van der Waals surface area contributed by atoms with Gasteiger partial charge in [-0.1, -0.05) is 30.0 Å². The van der Waals surface area contributed by atoms with Crippen molar-refractivity contribution in [2.75, 3.05) is 24.2 Å². The summed E-state index contributed by atoms with van der Waals surface area (Å²) < 4.78 is 0.898. The smallest absolute Gasteiger partial charge is 0.323 e. The number of anilines is 1. The fourth-order valence-corrected chi connectivity index (χ4v) is 2.79. The normalized spacial score (nSPS) is 10.1. The molecule has 1 aromatic rings. The molecule has 0 aliphatic rings. The Labute approximate surface area is 97.3 Å². The summed E-state index contributed by atoms with van der Waals surface area (Å²) in [6.45, 7) is 4.55. The lowest BCUT2D eigenvalue weighted by Gasteiger charge is -2.15. The van der Waals surface area contributed by atoms with Crippen LogP contribution in [0.5, 0.6) is 0 Å². The molecule has 7 heteroatoms. The summed E-state index contributed by atoms with van der Waals surface area (Å²) in [5.74, 6) is 0.959. The van der Waals surface area contributed by atoms with Gasteiger partial charge in [0.05, 0.1) is 0 Å². The van der Waals surface area contributed by atoms with Crippen LogP contribution in [0.3, 0.4) is 0 Å². The largest absolute Gasteiger partial charge is 0.341 e. The predicted octanol–water partition coefficient (Wildman–Crippen LogP) is 1.82. The fourth-order valence-electron chi connectivity index (χ4n) is 0.994. The Morgan fingerprint density at radius 2 is 2.27 bits per heavy atom. The number of rotatable bonds is 4. The number of carbonyl (C=O) groups excluding carboxylic acids is 1. The number of amides is 2. The number of carbonyl (C=O) groups is 1. The van der Waals surface area contributed by atoms with Gasteiger partial charge in [-0.2, -0.15) is 0 Å². The molecule has 0 aliphatic carbocycles. The first-order valence-corrected chi connectivity index (χ1v) is 6.48. The molecule has 5 nitrogen and oxygen atoms in total. The number of nitrogens with one attached hydrogen (secondary N) is 1. The first-order valence-electron chi connectivity index (χ1n) is 4.68. The molecule has 0 saturated heterocycles. The number of thioether (sulfide) groups is 1. The zero-order valence-electron chi connectivity index (χ0n) is 8.98. The summed E-state index contributed by atoms with van der Waals surface area (Å²) in [5, 5.41) is 11.2. The molecule has 0 saturated carbocycles. The highest BCUT2D eigenvalue weighted by Crippen LogP contribution is 2.27. The maximum absolute atomic E-state index is 11.5. The predicted molar refractivity (Wildman–Crippen MR) is 63.8 cm³/mol. The van der Waals surface area contributed by atoms with Crippen molar-refractivity contribution >= 4 is 34.3 Å². The van der Waals surface area contributed by atoms with Crippen molar-refractivity contribution < 1.29 is 4.79 Å². The summed E-state index contributed by atoms with van der Waals surface area (Å²) in [5.41, 5.74) is 0. The van der Waals surface area contributed by atoms with Crippen LogP contribution in [-0.4, -0.2) is 35.6 Å². The second-order valence-corrected chi connectivity index (χ2v) is 5.05. The van der Waals surface area contributed by atoms with E-state index in [2.05, 4.69) is 22.4 Å². The van der Waals surface area contributed by atoms with Gasteiger partial charge in [-0.15, -0.1) is 10.2 Å². The second kappa shape index (κ2) is 5.92. The van der Waals surface area contributed by atoms with Crippen molar-refractivity contribution in [3.8, 4) is 0 Å². The Kier molecular flexibility index (Phi) is 4.83. The Morgan fingerprint density at radius 3 is 2.80 bits per heavy atom. The zero-order chi connectivity index (χ0) is 11.3. The Bertz CT molecular complexity index is 328. The molecule has 84 valence electrons. The molecule has 1 N–H and O–H groups in total. The monoisotopic (exact) mass is 246 g/mol. The van der Waals surface area contributed by atoms with Crippen LogP contribution in [0.4, 0.5) is 9.93 Å². The minimum absolute atomic E-state index is 0.151. The summed E-state index contributed by atoms with van der Waals surface area (Å²) in [6.07, 6.45) is 0. The van der Waals surface area contributed by atoms with Gasteiger partial charge in [-0.05, 0) is 12.7 Å². The molecule has 0 aliphatic heterocycles. The van der Waals surface area contributed by atoms with Gasteiger partial charge in [-0.3, -0.25) is 4.90 Å². The molecule has 0 bridgehead atoms. The lowest BCUT2D eigenvalue weighted by Crippen LogP contribution is -2.37. The van der Waals surface area contributed by atoms with Crippen LogP contribution < -0.4 is 10.2 Å². The molecule has 0 atom stereocenters. The van der Waals surface area contributed by atoms with E-state index in [4.69, 9.17) is 0 Å². The number of nitrogens with zero attached hydrogens (tertiary/aromatic N) is 3. The summed E-state index contributed by atoms with van der Waals surface area (Å²) in [6, 6.07) is -0.151. The first kappa shape index (κ1) is 12.3. The van der Waals surface area contributed by atoms with Crippen LogP contribution in [0, 0.1) is 0 Å². The molecule has 1 rings (SSSR count). The molecule has 0 spiro atoms. The van der Waals surface area contributed by atoms with Crippen molar-refractivity contribution in [2.24, 2.45) is 0 Å². The third-order valence-electron chi connectivity index (χ3n) is 1.67. The lowest BCUT2D eigenvalue weighted by atomic mass is 10.6. The van der Waals surface area contributed by atoms with Crippen LogP contribution in [0.1, 0.15) is 13.8 Å². The van der Waals surface area contributed by atoms with Gasteiger partial charge in [0.25, 0.3) is 0 Å². The average molecular weight is 246 g/mol. The molecular weight excluding hydrogens is 232 g/mol. The molecule has 0 unspecified atom stereocenters. The van der Waals surface area contributed by atoms with Crippen molar-refractivity contribution in [3.05, 3.63) is 0 Å². The SMILES string of the molecule is CCSc1nnc(N(CC)C(=O)NC)s1. The van der Waals surface area contributed by atoms with E-state index in [9.17, 15) is 4.79 Å².